The molecule has 2 aliphatic rings. The zero-order chi connectivity index (χ0) is 18.7. The average Bonchev–Trinajstić information content (AvgIpc) is 3.29. The summed E-state index contributed by atoms with van der Waals surface area (Å²) in [6.45, 7) is 3.24. The van der Waals surface area contributed by atoms with Gasteiger partial charge < -0.3 is 4.74 Å². The molecule has 0 aromatic heterocycles. The molecule has 4 nitrogen and oxygen atoms in total. The minimum atomic E-state index is -1.43. The van der Waals surface area contributed by atoms with Gasteiger partial charge in [0.1, 0.15) is 16.9 Å². The van der Waals surface area contributed by atoms with Crippen molar-refractivity contribution in [3.05, 3.63) is 64.1 Å². The Labute approximate surface area is 159 Å². The van der Waals surface area contributed by atoms with Crippen LogP contribution in [-0.2, 0) is 9.59 Å². The van der Waals surface area contributed by atoms with Gasteiger partial charge in [0, 0.05) is 21.5 Å². The molecule has 0 unspecified atom stereocenters. The first-order chi connectivity index (χ1) is 12.4. The molecule has 0 bridgehead atoms. The van der Waals surface area contributed by atoms with Crippen LogP contribution in [0.15, 0.2) is 53.0 Å². The summed E-state index contributed by atoms with van der Waals surface area (Å²) in [4.78, 5) is 39.1. The van der Waals surface area contributed by atoms with Crippen LogP contribution in [0.2, 0.25) is 0 Å². The van der Waals surface area contributed by atoms with E-state index in [2.05, 4.69) is 15.9 Å². The molecule has 0 radical (unpaired) electrons. The molecular weight excluding hydrogens is 396 g/mol. The van der Waals surface area contributed by atoms with E-state index >= 15 is 0 Å². The van der Waals surface area contributed by atoms with Crippen LogP contribution < -0.4 is 4.74 Å². The number of halogens is 1. The smallest absolute Gasteiger partial charge is 0.326 e. The van der Waals surface area contributed by atoms with Gasteiger partial charge in [0.05, 0.1) is 5.41 Å². The Morgan fingerprint density at radius 1 is 1.12 bits per heavy atom. The number of carbonyl (C=O) groups is 3. The van der Waals surface area contributed by atoms with Crippen molar-refractivity contribution in [1.82, 2.24) is 0 Å². The SMILES string of the molecule is CC[C@]1(C(=O)c2ccc(Br)cc2)[C@@H]2c3ccccc3OC(=O)[C@@]21C(C)=O. The topological polar surface area (TPSA) is 60.4 Å². The van der Waals surface area contributed by atoms with E-state index in [0.29, 0.717) is 17.7 Å². The Hall–Kier alpha value is -2.27. The number of hydrogen-bond donors (Lipinski definition) is 0. The predicted molar refractivity (Wildman–Crippen MR) is 99.1 cm³/mol. The number of carbonyl (C=O) groups excluding carboxylic acids is 3. The molecule has 0 N–H and O–H groups in total. The molecule has 0 saturated heterocycles. The maximum atomic E-state index is 13.5. The third kappa shape index (κ3) is 1.87. The fourth-order valence-electron chi connectivity index (χ4n) is 4.80. The second-order valence-electron chi connectivity index (χ2n) is 6.89. The first kappa shape index (κ1) is 17.2. The molecule has 2 aromatic carbocycles. The molecular formula is C21H17BrO4. The van der Waals surface area contributed by atoms with Crippen LogP contribution in [-0.4, -0.2) is 17.5 Å². The Bertz CT molecular complexity index is 949. The Kier molecular flexibility index (Phi) is 3.70. The molecule has 1 heterocycles. The summed E-state index contributed by atoms with van der Waals surface area (Å²) in [6.07, 6.45) is 0.385. The second kappa shape index (κ2) is 5.61. The maximum absolute atomic E-state index is 13.5. The zero-order valence-corrected chi connectivity index (χ0v) is 16.0. The van der Waals surface area contributed by atoms with E-state index in [1.807, 2.05) is 19.1 Å². The van der Waals surface area contributed by atoms with Crippen LogP contribution in [0, 0.1) is 10.8 Å². The summed E-state index contributed by atoms with van der Waals surface area (Å²) < 4.78 is 6.35. The van der Waals surface area contributed by atoms with Crippen molar-refractivity contribution < 1.29 is 19.1 Å². The van der Waals surface area contributed by atoms with Crippen molar-refractivity contribution in [3.63, 3.8) is 0 Å². The number of benzene rings is 2. The number of ketones is 2. The molecule has 1 aliphatic carbocycles. The predicted octanol–water partition coefficient (Wildman–Crippen LogP) is 4.32. The van der Waals surface area contributed by atoms with Gasteiger partial charge >= 0.3 is 5.97 Å². The van der Waals surface area contributed by atoms with E-state index in [1.54, 1.807) is 36.4 Å². The summed E-state index contributed by atoms with van der Waals surface area (Å²) in [5.74, 6) is -1.14. The minimum absolute atomic E-state index is 0.179. The van der Waals surface area contributed by atoms with Gasteiger partial charge in [0.2, 0.25) is 0 Å². The number of fused-ring (bicyclic) bond motifs is 3. The molecule has 3 atom stereocenters. The average molecular weight is 413 g/mol. The van der Waals surface area contributed by atoms with Gasteiger partial charge in [0.25, 0.3) is 0 Å². The number of para-hydroxylation sites is 1. The Balaban J connectivity index is 1.93. The molecule has 1 aliphatic heterocycles. The van der Waals surface area contributed by atoms with Crippen molar-refractivity contribution in [1.29, 1.82) is 0 Å². The highest BCUT2D eigenvalue weighted by atomic mass is 79.9. The zero-order valence-electron chi connectivity index (χ0n) is 14.4. The molecule has 0 amide bonds. The summed E-state index contributed by atoms with van der Waals surface area (Å²) >= 11 is 3.36. The molecule has 4 rings (SSSR count). The van der Waals surface area contributed by atoms with Crippen LogP contribution >= 0.6 is 15.9 Å². The lowest BCUT2D eigenvalue weighted by Crippen LogP contribution is -2.38. The van der Waals surface area contributed by atoms with Crippen LogP contribution in [0.1, 0.15) is 42.1 Å². The highest BCUT2D eigenvalue weighted by Gasteiger charge is 2.87. The minimum Gasteiger partial charge on any atom is -0.425 e. The number of esters is 1. The third-order valence-corrected chi connectivity index (χ3v) is 6.45. The van der Waals surface area contributed by atoms with E-state index in [4.69, 9.17) is 4.74 Å². The van der Waals surface area contributed by atoms with Crippen LogP contribution in [0.25, 0.3) is 0 Å². The van der Waals surface area contributed by atoms with Gasteiger partial charge in [-0.05, 0) is 31.5 Å². The van der Waals surface area contributed by atoms with Crippen molar-refractivity contribution in [2.45, 2.75) is 26.2 Å². The van der Waals surface area contributed by atoms with Gasteiger partial charge in [0.15, 0.2) is 5.78 Å². The number of Topliss-reactive ketones (excluding diaryl/α,β-unsaturated/α-hetero) is 2. The Morgan fingerprint density at radius 2 is 1.77 bits per heavy atom. The van der Waals surface area contributed by atoms with E-state index < -0.39 is 22.7 Å². The van der Waals surface area contributed by atoms with Gasteiger partial charge in [-0.1, -0.05) is 53.2 Å². The van der Waals surface area contributed by atoms with Crippen LogP contribution in [0.4, 0.5) is 0 Å². The van der Waals surface area contributed by atoms with E-state index in [1.165, 1.54) is 6.92 Å². The quantitative estimate of drug-likeness (QED) is 0.324. The lowest BCUT2D eigenvalue weighted by molar-refractivity contribution is -0.148. The number of hydrogen-bond acceptors (Lipinski definition) is 4. The summed E-state index contributed by atoms with van der Waals surface area (Å²) in [6, 6.07) is 14.2. The van der Waals surface area contributed by atoms with Crippen molar-refractivity contribution in [2.24, 2.45) is 10.8 Å². The van der Waals surface area contributed by atoms with Crippen LogP contribution in [0.3, 0.4) is 0 Å². The van der Waals surface area contributed by atoms with Crippen molar-refractivity contribution in [3.8, 4) is 5.75 Å². The second-order valence-corrected chi connectivity index (χ2v) is 7.80. The molecule has 0 spiro atoms. The largest absolute Gasteiger partial charge is 0.425 e. The molecule has 5 heteroatoms. The van der Waals surface area contributed by atoms with Crippen molar-refractivity contribution in [2.75, 3.05) is 0 Å². The summed E-state index contributed by atoms with van der Waals surface area (Å²) in [5, 5.41) is 0. The van der Waals surface area contributed by atoms with E-state index in [-0.39, 0.29) is 11.6 Å². The fourth-order valence-corrected chi connectivity index (χ4v) is 5.06. The molecule has 1 saturated carbocycles. The Morgan fingerprint density at radius 3 is 2.38 bits per heavy atom. The summed E-state index contributed by atoms with van der Waals surface area (Å²) in [5.41, 5.74) is -1.28. The highest BCUT2D eigenvalue weighted by molar-refractivity contribution is 9.10. The standard InChI is InChI=1S/C21H17BrO4/c1-3-20(18(24)13-8-10-14(22)11-9-13)17-15-6-4-5-7-16(15)26-19(25)21(17,20)12(2)23/h4-11,17H,3H2,1-2H3/t17-,20+,21+/m0/s1. The maximum Gasteiger partial charge on any atom is 0.326 e. The molecule has 132 valence electrons. The first-order valence-corrected chi connectivity index (χ1v) is 9.33. The summed E-state index contributed by atoms with van der Waals surface area (Å²) in [7, 11) is 0. The van der Waals surface area contributed by atoms with Gasteiger partial charge in [-0.25, -0.2) is 0 Å². The first-order valence-electron chi connectivity index (χ1n) is 8.54. The van der Waals surface area contributed by atoms with E-state index in [9.17, 15) is 14.4 Å². The van der Waals surface area contributed by atoms with Gasteiger partial charge in [-0.3, -0.25) is 14.4 Å². The lowest BCUT2D eigenvalue weighted by Gasteiger charge is -2.22. The lowest BCUT2D eigenvalue weighted by atomic mass is 9.81. The molecule has 26 heavy (non-hydrogen) atoms. The molecule has 1 fully saturated rings. The number of ether oxygens (including phenoxy) is 1. The fraction of sp³-hybridized carbons (Fsp3) is 0.286. The normalized spacial score (nSPS) is 28.6. The third-order valence-electron chi connectivity index (χ3n) is 5.93. The number of rotatable bonds is 4. The van der Waals surface area contributed by atoms with Crippen molar-refractivity contribution >= 4 is 33.5 Å². The van der Waals surface area contributed by atoms with E-state index in [0.717, 1.165) is 10.0 Å². The highest BCUT2D eigenvalue weighted by Crippen LogP contribution is 2.80. The van der Waals surface area contributed by atoms with Gasteiger partial charge in [-0.2, -0.15) is 0 Å². The van der Waals surface area contributed by atoms with Gasteiger partial charge in [-0.15, -0.1) is 0 Å². The van der Waals surface area contributed by atoms with Crippen LogP contribution in [0.5, 0.6) is 5.75 Å². The monoisotopic (exact) mass is 412 g/mol. The molecule has 2 aromatic rings.